The summed E-state index contributed by atoms with van der Waals surface area (Å²) in [6, 6.07) is 0.319. The molecule has 2 rings (SSSR count). The summed E-state index contributed by atoms with van der Waals surface area (Å²) in [7, 11) is 0. The van der Waals surface area contributed by atoms with Gasteiger partial charge < -0.3 is 0 Å². The van der Waals surface area contributed by atoms with Crippen molar-refractivity contribution in [2.24, 2.45) is 9.98 Å². The van der Waals surface area contributed by atoms with Gasteiger partial charge in [0.15, 0.2) is 0 Å². The van der Waals surface area contributed by atoms with E-state index >= 15 is 0 Å². The number of rotatable bonds is 1. The third-order valence-corrected chi connectivity index (χ3v) is 2.15. The molecule has 0 N–H and O–H groups in total. The third kappa shape index (κ3) is 1.52. The van der Waals surface area contributed by atoms with Crippen molar-refractivity contribution < 1.29 is 0 Å². The highest BCUT2D eigenvalue weighted by Gasteiger charge is 2.14. The van der Waals surface area contributed by atoms with Gasteiger partial charge in [-0.15, -0.1) is 0 Å². The smallest absolute Gasteiger partial charge is 0.0914 e. The molecule has 0 amide bonds. The second-order valence-electron chi connectivity index (χ2n) is 3.02. The van der Waals surface area contributed by atoms with E-state index in [0.29, 0.717) is 6.04 Å². The molecule has 2 heteroatoms. The fourth-order valence-corrected chi connectivity index (χ4v) is 1.48. The number of dihydropyridines is 1. The summed E-state index contributed by atoms with van der Waals surface area (Å²) in [5.74, 6) is 0. The zero-order valence-electron chi connectivity index (χ0n) is 6.98. The van der Waals surface area contributed by atoms with Crippen molar-refractivity contribution in [2.75, 3.05) is 0 Å². The van der Waals surface area contributed by atoms with Gasteiger partial charge >= 0.3 is 0 Å². The summed E-state index contributed by atoms with van der Waals surface area (Å²) >= 11 is 0. The predicted octanol–water partition coefficient (Wildman–Crippen LogP) is 2.13. The van der Waals surface area contributed by atoms with E-state index in [1.807, 2.05) is 18.5 Å². The van der Waals surface area contributed by atoms with E-state index in [2.05, 4.69) is 22.1 Å². The van der Waals surface area contributed by atoms with E-state index < -0.39 is 0 Å². The maximum absolute atomic E-state index is 4.38. The molecule has 2 aliphatic rings. The molecular weight excluding hydrogens is 148 g/mol. The summed E-state index contributed by atoms with van der Waals surface area (Å²) in [5.41, 5.74) is 1.23. The van der Waals surface area contributed by atoms with E-state index in [-0.39, 0.29) is 0 Å². The number of aliphatic imine (C=N–C) groups is 2. The Morgan fingerprint density at radius 3 is 3.00 bits per heavy atom. The molecular formula is C10H12N2. The molecule has 2 aliphatic heterocycles. The SMILES string of the molecule is C1=CCC(C2=NC=CCC2)N=C1. The van der Waals surface area contributed by atoms with E-state index in [4.69, 9.17) is 0 Å². The number of hydrogen-bond acceptors (Lipinski definition) is 2. The van der Waals surface area contributed by atoms with E-state index in [1.165, 1.54) is 5.71 Å². The molecule has 0 saturated heterocycles. The second kappa shape index (κ2) is 3.48. The zero-order valence-corrected chi connectivity index (χ0v) is 6.98. The van der Waals surface area contributed by atoms with Crippen molar-refractivity contribution >= 4 is 11.9 Å². The van der Waals surface area contributed by atoms with Crippen LogP contribution in [0.25, 0.3) is 0 Å². The summed E-state index contributed by atoms with van der Waals surface area (Å²) < 4.78 is 0. The first-order valence-electron chi connectivity index (χ1n) is 4.37. The van der Waals surface area contributed by atoms with Gasteiger partial charge in [-0.1, -0.05) is 12.2 Å². The van der Waals surface area contributed by atoms with Gasteiger partial charge in [0.2, 0.25) is 0 Å². The molecule has 0 aromatic rings. The lowest BCUT2D eigenvalue weighted by molar-refractivity contribution is 0.835. The van der Waals surface area contributed by atoms with Crippen LogP contribution in [0.1, 0.15) is 19.3 Å². The predicted molar refractivity (Wildman–Crippen MR) is 51.8 cm³/mol. The van der Waals surface area contributed by atoms with Crippen LogP contribution in [0.4, 0.5) is 0 Å². The van der Waals surface area contributed by atoms with Gasteiger partial charge in [0.1, 0.15) is 0 Å². The highest BCUT2D eigenvalue weighted by molar-refractivity contribution is 5.93. The molecule has 0 fully saturated rings. The van der Waals surface area contributed by atoms with Gasteiger partial charge in [-0.25, -0.2) is 0 Å². The second-order valence-corrected chi connectivity index (χ2v) is 3.02. The Morgan fingerprint density at radius 2 is 2.33 bits per heavy atom. The van der Waals surface area contributed by atoms with Crippen LogP contribution in [0, 0.1) is 0 Å². The highest BCUT2D eigenvalue weighted by atomic mass is 14.8. The average Bonchev–Trinajstić information content (AvgIpc) is 2.21. The van der Waals surface area contributed by atoms with Crippen LogP contribution in [0.3, 0.4) is 0 Å². The van der Waals surface area contributed by atoms with Crippen LogP contribution in [0.2, 0.25) is 0 Å². The molecule has 2 heterocycles. The van der Waals surface area contributed by atoms with Crippen molar-refractivity contribution in [2.45, 2.75) is 25.3 Å². The van der Waals surface area contributed by atoms with Gasteiger partial charge in [-0.05, 0) is 25.3 Å². The molecule has 0 spiro atoms. The lowest BCUT2D eigenvalue weighted by Gasteiger charge is -2.16. The minimum absolute atomic E-state index is 0.319. The number of hydrogen-bond donors (Lipinski definition) is 0. The molecule has 12 heavy (non-hydrogen) atoms. The topological polar surface area (TPSA) is 24.7 Å². The lowest BCUT2D eigenvalue weighted by atomic mass is 10.0. The van der Waals surface area contributed by atoms with Crippen molar-refractivity contribution in [1.29, 1.82) is 0 Å². The molecule has 0 radical (unpaired) electrons. The Morgan fingerprint density at radius 1 is 1.33 bits per heavy atom. The van der Waals surface area contributed by atoms with Crippen molar-refractivity contribution in [3.05, 3.63) is 24.4 Å². The van der Waals surface area contributed by atoms with E-state index in [1.54, 1.807) is 0 Å². The van der Waals surface area contributed by atoms with E-state index in [9.17, 15) is 0 Å². The fourth-order valence-electron chi connectivity index (χ4n) is 1.48. The van der Waals surface area contributed by atoms with Gasteiger partial charge in [-0.3, -0.25) is 9.98 Å². The molecule has 2 nitrogen and oxygen atoms in total. The third-order valence-electron chi connectivity index (χ3n) is 2.15. The van der Waals surface area contributed by atoms with Crippen LogP contribution < -0.4 is 0 Å². The van der Waals surface area contributed by atoms with Crippen molar-refractivity contribution in [3.8, 4) is 0 Å². The van der Waals surface area contributed by atoms with Crippen molar-refractivity contribution in [3.63, 3.8) is 0 Å². The highest BCUT2D eigenvalue weighted by Crippen LogP contribution is 2.13. The van der Waals surface area contributed by atoms with E-state index in [0.717, 1.165) is 19.3 Å². The average molecular weight is 160 g/mol. The largest absolute Gasteiger partial charge is 0.284 e. The van der Waals surface area contributed by atoms with Crippen LogP contribution in [0.5, 0.6) is 0 Å². The minimum Gasteiger partial charge on any atom is -0.284 e. The van der Waals surface area contributed by atoms with Crippen LogP contribution in [0.15, 0.2) is 34.4 Å². The summed E-state index contributed by atoms with van der Waals surface area (Å²) in [5, 5.41) is 0. The lowest BCUT2D eigenvalue weighted by Crippen LogP contribution is -2.20. The summed E-state index contributed by atoms with van der Waals surface area (Å²) in [6.45, 7) is 0. The number of allylic oxidation sites excluding steroid dienone is 2. The number of nitrogens with zero attached hydrogens (tertiary/aromatic N) is 2. The monoisotopic (exact) mass is 160 g/mol. The molecule has 0 aliphatic carbocycles. The molecule has 1 atom stereocenters. The van der Waals surface area contributed by atoms with Crippen LogP contribution in [-0.2, 0) is 0 Å². The molecule has 1 unspecified atom stereocenters. The van der Waals surface area contributed by atoms with Gasteiger partial charge in [0, 0.05) is 18.1 Å². The fraction of sp³-hybridized carbons (Fsp3) is 0.400. The Balaban J connectivity index is 2.09. The Bertz CT molecular complexity index is 272. The molecule has 0 bridgehead atoms. The molecule has 0 saturated carbocycles. The Kier molecular flexibility index (Phi) is 2.16. The Labute approximate surface area is 72.4 Å². The summed E-state index contributed by atoms with van der Waals surface area (Å²) in [6.07, 6.45) is 13.2. The first-order valence-corrected chi connectivity index (χ1v) is 4.37. The molecule has 62 valence electrons. The first-order chi connectivity index (χ1) is 5.97. The van der Waals surface area contributed by atoms with Gasteiger partial charge in [0.05, 0.1) is 6.04 Å². The van der Waals surface area contributed by atoms with Crippen LogP contribution in [-0.4, -0.2) is 18.0 Å². The van der Waals surface area contributed by atoms with Crippen molar-refractivity contribution in [1.82, 2.24) is 0 Å². The first kappa shape index (κ1) is 7.47. The zero-order chi connectivity index (χ0) is 8.23. The molecule has 0 aromatic carbocycles. The molecule has 0 aromatic heterocycles. The normalized spacial score (nSPS) is 27.3. The maximum atomic E-state index is 4.38. The van der Waals surface area contributed by atoms with Gasteiger partial charge in [0.25, 0.3) is 0 Å². The van der Waals surface area contributed by atoms with Crippen LogP contribution >= 0.6 is 0 Å². The summed E-state index contributed by atoms with van der Waals surface area (Å²) in [4.78, 5) is 8.72. The standard InChI is InChI=1S/C10H12N2/c1-3-7-11-9(5-1)10-6-2-4-8-12-10/h1,3-4,7-9H,2,5-6H2. The quantitative estimate of drug-likeness (QED) is 0.561. The Hall–Kier alpha value is -1.18. The minimum atomic E-state index is 0.319. The van der Waals surface area contributed by atoms with Gasteiger partial charge in [-0.2, -0.15) is 0 Å². The maximum Gasteiger partial charge on any atom is 0.0914 e.